The van der Waals surface area contributed by atoms with Crippen molar-refractivity contribution in [3.8, 4) is 5.75 Å². The van der Waals surface area contributed by atoms with Gasteiger partial charge >= 0.3 is 0 Å². The largest absolute Gasteiger partial charge is 0.496 e. The summed E-state index contributed by atoms with van der Waals surface area (Å²) in [5.74, 6) is 0.882. The van der Waals surface area contributed by atoms with Crippen LogP contribution in [-0.2, 0) is 0 Å². The summed E-state index contributed by atoms with van der Waals surface area (Å²) in [6, 6.07) is 7.92. The van der Waals surface area contributed by atoms with E-state index in [9.17, 15) is 0 Å². The van der Waals surface area contributed by atoms with Gasteiger partial charge in [-0.2, -0.15) is 0 Å². The van der Waals surface area contributed by atoms with E-state index in [1.165, 1.54) is 0 Å². The third-order valence-corrected chi connectivity index (χ3v) is 2.03. The van der Waals surface area contributed by atoms with E-state index < -0.39 is 0 Å². The highest BCUT2D eigenvalue weighted by atomic mass is 16.5. The number of allylic oxidation sites excluding steroid dienone is 1. The van der Waals surface area contributed by atoms with Crippen LogP contribution in [0.1, 0.15) is 12.0 Å². The Hall–Kier alpha value is -1.57. The molecule has 0 radical (unpaired) electrons. The van der Waals surface area contributed by atoms with E-state index in [4.69, 9.17) is 4.74 Å². The van der Waals surface area contributed by atoms with Crippen LogP contribution in [0.25, 0.3) is 5.70 Å². The predicted molar refractivity (Wildman–Crippen MR) is 54.1 cm³/mol. The van der Waals surface area contributed by atoms with Crippen molar-refractivity contribution >= 4 is 11.9 Å². The molecular weight excluding hydrogens is 162 g/mol. The molecule has 0 amide bonds. The third-order valence-electron chi connectivity index (χ3n) is 2.03. The number of benzene rings is 1. The fraction of sp³-hybridized carbons (Fsp3) is 0.182. The molecule has 66 valence electrons. The molecule has 0 bridgehead atoms. The van der Waals surface area contributed by atoms with E-state index in [1.807, 2.05) is 30.5 Å². The minimum absolute atomic E-state index is 0.882. The van der Waals surface area contributed by atoms with E-state index in [0.717, 1.165) is 23.4 Å². The quantitative estimate of drug-likeness (QED) is 0.673. The molecule has 2 heteroatoms. The second kappa shape index (κ2) is 3.44. The highest BCUT2D eigenvalue weighted by Crippen LogP contribution is 2.28. The lowest BCUT2D eigenvalue weighted by molar-refractivity contribution is 0.413. The van der Waals surface area contributed by atoms with Crippen molar-refractivity contribution in [2.45, 2.75) is 6.42 Å². The van der Waals surface area contributed by atoms with Gasteiger partial charge in [-0.15, -0.1) is 0 Å². The topological polar surface area (TPSA) is 21.6 Å². The van der Waals surface area contributed by atoms with E-state index in [1.54, 1.807) is 7.11 Å². The van der Waals surface area contributed by atoms with Crippen LogP contribution in [0.15, 0.2) is 35.3 Å². The Morgan fingerprint density at radius 2 is 2.15 bits per heavy atom. The van der Waals surface area contributed by atoms with E-state index in [2.05, 4.69) is 11.1 Å². The molecule has 0 aliphatic carbocycles. The number of hydrogen-bond donors (Lipinski definition) is 0. The second-order valence-corrected chi connectivity index (χ2v) is 2.84. The maximum absolute atomic E-state index is 5.24. The minimum atomic E-state index is 0.882. The Balaban J connectivity index is 2.44. The summed E-state index contributed by atoms with van der Waals surface area (Å²) in [6.45, 7) is 0. The molecule has 13 heavy (non-hydrogen) atoms. The van der Waals surface area contributed by atoms with Gasteiger partial charge in [-0.05, 0) is 12.1 Å². The van der Waals surface area contributed by atoms with Crippen molar-refractivity contribution in [3.63, 3.8) is 0 Å². The van der Waals surface area contributed by atoms with Crippen LogP contribution in [0.5, 0.6) is 5.75 Å². The van der Waals surface area contributed by atoms with E-state index >= 15 is 0 Å². The molecule has 0 saturated carbocycles. The molecule has 2 nitrogen and oxygen atoms in total. The molecule has 1 aromatic rings. The normalized spacial score (nSPS) is 14.4. The van der Waals surface area contributed by atoms with Gasteiger partial charge < -0.3 is 4.74 Å². The molecule has 1 aliphatic rings. The first-order chi connectivity index (χ1) is 6.42. The van der Waals surface area contributed by atoms with Crippen molar-refractivity contribution in [2.75, 3.05) is 7.11 Å². The summed E-state index contributed by atoms with van der Waals surface area (Å²) in [7, 11) is 1.68. The summed E-state index contributed by atoms with van der Waals surface area (Å²) < 4.78 is 5.24. The molecule has 0 atom stereocenters. The molecular formula is C11H11NO. The van der Waals surface area contributed by atoms with Crippen LogP contribution in [-0.4, -0.2) is 13.3 Å². The Morgan fingerprint density at radius 3 is 2.85 bits per heavy atom. The number of nitrogens with zero attached hydrogens (tertiary/aromatic N) is 1. The minimum Gasteiger partial charge on any atom is -0.496 e. The SMILES string of the molecule is COc1ccccc1C1=CCC=N1. The number of ether oxygens (including phenoxy) is 1. The van der Waals surface area contributed by atoms with Crippen LogP contribution >= 0.6 is 0 Å². The molecule has 1 heterocycles. The Morgan fingerprint density at radius 1 is 1.31 bits per heavy atom. The number of methoxy groups -OCH3 is 1. The number of hydrogen-bond acceptors (Lipinski definition) is 2. The van der Waals surface area contributed by atoms with Crippen molar-refractivity contribution in [2.24, 2.45) is 4.99 Å². The zero-order chi connectivity index (χ0) is 9.10. The third kappa shape index (κ3) is 1.47. The molecule has 1 aromatic carbocycles. The zero-order valence-electron chi connectivity index (χ0n) is 7.53. The molecule has 0 fully saturated rings. The van der Waals surface area contributed by atoms with Gasteiger partial charge in [0, 0.05) is 18.2 Å². The maximum Gasteiger partial charge on any atom is 0.128 e. The van der Waals surface area contributed by atoms with Gasteiger partial charge in [0.2, 0.25) is 0 Å². The average Bonchev–Trinajstić information content (AvgIpc) is 2.70. The molecule has 0 aromatic heterocycles. The molecule has 0 spiro atoms. The lowest BCUT2D eigenvalue weighted by atomic mass is 10.1. The molecule has 0 N–H and O–H groups in total. The van der Waals surface area contributed by atoms with Gasteiger partial charge in [0.05, 0.1) is 12.8 Å². The fourth-order valence-corrected chi connectivity index (χ4v) is 1.40. The van der Waals surface area contributed by atoms with Gasteiger partial charge in [-0.3, -0.25) is 4.99 Å². The Labute approximate surface area is 77.6 Å². The van der Waals surface area contributed by atoms with Gasteiger partial charge in [0.25, 0.3) is 0 Å². The highest BCUT2D eigenvalue weighted by Gasteiger charge is 2.07. The van der Waals surface area contributed by atoms with E-state index in [-0.39, 0.29) is 0 Å². The summed E-state index contributed by atoms with van der Waals surface area (Å²) in [4.78, 5) is 4.27. The first kappa shape index (κ1) is 8.05. The van der Waals surface area contributed by atoms with Gasteiger partial charge in [0.15, 0.2) is 0 Å². The van der Waals surface area contributed by atoms with Crippen molar-refractivity contribution in [1.29, 1.82) is 0 Å². The zero-order valence-corrected chi connectivity index (χ0v) is 7.53. The maximum atomic E-state index is 5.24. The second-order valence-electron chi connectivity index (χ2n) is 2.84. The lowest BCUT2D eigenvalue weighted by Gasteiger charge is -2.06. The summed E-state index contributed by atoms with van der Waals surface area (Å²) in [5, 5.41) is 0. The van der Waals surface area contributed by atoms with Gasteiger partial charge in [-0.25, -0.2) is 0 Å². The first-order valence-electron chi connectivity index (χ1n) is 4.28. The molecule has 2 rings (SSSR count). The van der Waals surface area contributed by atoms with Crippen LogP contribution in [0.4, 0.5) is 0 Å². The smallest absolute Gasteiger partial charge is 0.128 e. The lowest BCUT2D eigenvalue weighted by Crippen LogP contribution is -1.88. The Bertz CT molecular complexity index is 366. The number of rotatable bonds is 2. The van der Waals surface area contributed by atoms with Gasteiger partial charge in [-0.1, -0.05) is 18.2 Å². The standard InChI is InChI=1S/C11H11NO/c1-13-11-7-3-2-5-9(11)10-6-4-8-12-10/h2-3,5-8H,4H2,1H3. The Kier molecular flexibility index (Phi) is 2.13. The van der Waals surface area contributed by atoms with Crippen LogP contribution < -0.4 is 4.74 Å². The fourth-order valence-electron chi connectivity index (χ4n) is 1.40. The van der Waals surface area contributed by atoms with Gasteiger partial charge in [0.1, 0.15) is 5.75 Å². The molecule has 1 aliphatic heterocycles. The van der Waals surface area contributed by atoms with Crippen LogP contribution in [0.3, 0.4) is 0 Å². The number of aliphatic imine (C=N–C) groups is 1. The monoisotopic (exact) mass is 173 g/mol. The van der Waals surface area contributed by atoms with Crippen LogP contribution in [0.2, 0.25) is 0 Å². The summed E-state index contributed by atoms with van der Waals surface area (Å²) in [6.07, 6.45) is 4.92. The van der Waals surface area contributed by atoms with Crippen molar-refractivity contribution in [3.05, 3.63) is 35.9 Å². The molecule has 0 saturated heterocycles. The molecule has 0 unspecified atom stereocenters. The predicted octanol–water partition coefficient (Wildman–Crippen LogP) is 2.51. The summed E-state index contributed by atoms with van der Waals surface area (Å²) in [5.41, 5.74) is 2.08. The van der Waals surface area contributed by atoms with Crippen molar-refractivity contribution < 1.29 is 4.74 Å². The number of para-hydroxylation sites is 1. The summed E-state index contributed by atoms with van der Waals surface area (Å²) >= 11 is 0. The average molecular weight is 173 g/mol. The van der Waals surface area contributed by atoms with E-state index in [0.29, 0.717) is 0 Å². The van der Waals surface area contributed by atoms with Crippen molar-refractivity contribution in [1.82, 2.24) is 0 Å². The first-order valence-corrected chi connectivity index (χ1v) is 4.28. The highest BCUT2D eigenvalue weighted by molar-refractivity contribution is 5.82. The van der Waals surface area contributed by atoms with Crippen LogP contribution in [0, 0.1) is 0 Å².